The minimum atomic E-state index is 0.764. The highest BCUT2D eigenvalue weighted by molar-refractivity contribution is 7.13. The lowest BCUT2D eigenvalue weighted by Gasteiger charge is -2.01. The molecule has 0 aliphatic carbocycles. The number of fused-ring (bicyclic) bond motifs is 1. The van der Waals surface area contributed by atoms with Gasteiger partial charge in [0.15, 0.2) is 0 Å². The minimum absolute atomic E-state index is 0.764. The number of nitrogens with two attached hydrogens (primary N) is 1. The number of rotatable bonds is 2. The molecule has 3 aromatic carbocycles. The molecule has 22 heavy (non-hydrogen) atoms. The maximum absolute atomic E-state index is 5.85. The summed E-state index contributed by atoms with van der Waals surface area (Å²) in [7, 11) is 0. The van der Waals surface area contributed by atoms with Crippen LogP contribution >= 0.6 is 11.3 Å². The highest BCUT2D eigenvalue weighted by Gasteiger charge is 2.07. The lowest BCUT2D eigenvalue weighted by molar-refractivity contribution is 1.41. The lowest BCUT2D eigenvalue weighted by Crippen LogP contribution is -1.85. The molecule has 1 heterocycles. The van der Waals surface area contributed by atoms with Crippen LogP contribution in [0.2, 0.25) is 0 Å². The van der Waals surface area contributed by atoms with E-state index in [9.17, 15) is 0 Å². The third kappa shape index (κ3) is 2.36. The Morgan fingerprint density at radius 2 is 1.64 bits per heavy atom. The van der Waals surface area contributed by atoms with Gasteiger partial charge in [0.2, 0.25) is 0 Å². The molecule has 2 N–H and O–H groups in total. The van der Waals surface area contributed by atoms with Crippen LogP contribution in [0.15, 0.2) is 72.1 Å². The van der Waals surface area contributed by atoms with E-state index < -0.39 is 0 Å². The van der Waals surface area contributed by atoms with E-state index in [1.807, 2.05) is 24.3 Å². The van der Waals surface area contributed by atoms with Gasteiger partial charge in [0.25, 0.3) is 0 Å². The first-order valence-corrected chi connectivity index (χ1v) is 7.98. The number of hydrogen-bond acceptors (Lipinski definition) is 3. The maximum atomic E-state index is 5.85. The highest BCUT2D eigenvalue weighted by atomic mass is 32.1. The summed E-state index contributed by atoms with van der Waals surface area (Å²) in [5.74, 6) is 0. The molecule has 3 heteroatoms. The standard InChI is InChI=1S/C19H14N2S/c20-17-7-3-6-16(11-17)19-21-18(12-22-19)15-9-8-13-4-1-2-5-14(13)10-15/h1-12H,20H2. The number of aromatic nitrogens is 1. The SMILES string of the molecule is Nc1cccc(-c2nc(-c3ccc4ccccc4c3)cs2)c1. The predicted molar refractivity (Wildman–Crippen MR) is 94.9 cm³/mol. The smallest absolute Gasteiger partial charge is 0.124 e. The number of nitrogens with zero attached hydrogens (tertiary/aromatic N) is 1. The molecule has 4 rings (SSSR count). The van der Waals surface area contributed by atoms with E-state index in [1.165, 1.54) is 10.8 Å². The fourth-order valence-corrected chi connectivity index (χ4v) is 3.39. The average Bonchev–Trinajstić information content (AvgIpc) is 3.04. The van der Waals surface area contributed by atoms with E-state index in [1.54, 1.807) is 11.3 Å². The van der Waals surface area contributed by atoms with Crippen molar-refractivity contribution in [2.24, 2.45) is 0 Å². The van der Waals surface area contributed by atoms with Crippen LogP contribution < -0.4 is 5.73 Å². The van der Waals surface area contributed by atoms with Crippen LogP contribution in [-0.2, 0) is 0 Å². The topological polar surface area (TPSA) is 38.9 Å². The van der Waals surface area contributed by atoms with Crippen molar-refractivity contribution in [2.45, 2.75) is 0 Å². The Morgan fingerprint density at radius 3 is 2.50 bits per heavy atom. The largest absolute Gasteiger partial charge is 0.399 e. The van der Waals surface area contributed by atoms with Crippen molar-refractivity contribution in [1.82, 2.24) is 4.98 Å². The summed E-state index contributed by atoms with van der Waals surface area (Å²) < 4.78 is 0. The van der Waals surface area contributed by atoms with Gasteiger partial charge in [-0.3, -0.25) is 0 Å². The van der Waals surface area contributed by atoms with Crippen molar-refractivity contribution < 1.29 is 0 Å². The maximum Gasteiger partial charge on any atom is 0.124 e. The van der Waals surface area contributed by atoms with Gasteiger partial charge in [-0.05, 0) is 29.0 Å². The number of benzene rings is 3. The minimum Gasteiger partial charge on any atom is -0.399 e. The summed E-state index contributed by atoms with van der Waals surface area (Å²) >= 11 is 1.64. The molecular formula is C19H14N2S. The first-order valence-electron chi connectivity index (χ1n) is 7.10. The second-order valence-corrected chi connectivity index (χ2v) is 6.08. The average molecular weight is 302 g/mol. The Bertz CT molecular complexity index is 956. The Labute approximate surface area is 132 Å². The van der Waals surface area contributed by atoms with Crippen LogP contribution in [0.4, 0.5) is 5.69 Å². The molecular weight excluding hydrogens is 288 g/mol. The second kappa shape index (κ2) is 5.28. The Morgan fingerprint density at radius 1 is 0.773 bits per heavy atom. The molecule has 0 radical (unpaired) electrons. The number of anilines is 1. The van der Waals surface area contributed by atoms with Gasteiger partial charge in [0.1, 0.15) is 5.01 Å². The number of nitrogen functional groups attached to an aromatic ring is 1. The molecule has 4 aromatic rings. The Balaban J connectivity index is 1.76. The third-order valence-electron chi connectivity index (χ3n) is 3.68. The van der Waals surface area contributed by atoms with Crippen LogP contribution in [-0.4, -0.2) is 4.98 Å². The van der Waals surface area contributed by atoms with Crippen molar-refractivity contribution in [3.05, 3.63) is 72.1 Å². The van der Waals surface area contributed by atoms with Gasteiger partial charge in [-0.2, -0.15) is 0 Å². The third-order valence-corrected chi connectivity index (χ3v) is 4.57. The number of thiazole rings is 1. The molecule has 0 amide bonds. The van der Waals surface area contributed by atoms with Gasteiger partial charge in [0, 0.05) is 22.2 Å². The molecule has 0 saturated carbocycles. The van der Waals surface area contributed by atoms with Gasteiger partial charge in [0.05, 0.1) is 5.69 Å². The summed E-state index contributed by atoms with van der Waals surface area (Å²) in [6, 6.07) is 22.7. The van der Waals surface area contributed by atoms with Crippen molar-refractivity contribution in [2.75, 3.05) is 5.73 Å². The molecule has 1 aromatic heterocycles. The van der Waals surface area contributed by atoms with E-state index in [-0.39, 0.29) is 0 Å². The zero-order chi connectivity index (χ0) is 14.9. The molecule has 0 bridgehead atoms. The summed E-state index contributed by atoms with van der Waals surface area (Å²) in [6.45, 7) is 0. The van der Waals surface area contributed by atoms with Crippen molar-refractivity contribution in [1.29, 1.82) is 0 Å². The summed E-state index contributed by atoms with van der Waals surface area (Å²) in [5.41, 5.74) is 9.83. The molecule has 0 unspecified atom stereocenters. The fourth-order valence-electron chi connectivity index (χ4n) is 2.56. The summed E-state index contributed by atoms with van der Waals surface area (Å²) in [4.78, 5) is 4.76. The van der Waals surface area contributed by atoms with E-state index in [0.717, 1.165) is 27.5 Å². The van der Waals surface area contributed by atoms with Crippen LogP contribution in [0.25, 0.3) is 32.6 Å². The number of hydrogen-bond donors (Lipinski definition) is 1. The highest BCUT2D eigenvalue weighted by Crippen LogP contribution is 2.31. The predicted octanol–water partition coefficient (Wildman–Crippen LogP) is 5.21. The Kier molecular flexibility index (Phi) is 3.13. The fraction of sp³-hybridized carbons (Fsp3) is 0. The molecule has 0 spiro atoms. The van der Waals surface area contributed by atoms with Gasteiger partial charge in [-0.15, -0.1) is 11.3 Å². The van der Waals surface area contributed by atoms with E-state index in [2.05, 4.69) is 47.8 Å². The van der Waals surface area contributed by atoms with Crippen LogP contribution in [0.3, 0.4) is 0 Å². The van der Waals surface area contributed by atoms with Crippen LogP contribution in [0.5, 0.6) is 0 Å². The van der Waals surface area contributed by atoms with Gasteiger partial charge >= 0.3 is 0 Å². The molecule has 0 fully saturated rings. The zero-order valence-electron chi connectivity index (χ0n) is 11.9. The quantitative estimate of drug-likeness (QED) is 0.516. The van der Waals surface area contributed by atoms with Crippen molar-refractivity contribution in [3.63, 3.8) is 0 Å². The summed E-state index contributed by atoms with van der Waals surface area (Å²) in [6.07, 6.45) is 0. The monoisotopic (exact) mass is 302 g/mol. The normalized spacial score (nSPS) is 10.9. The van der Waals surface area contributed by atoms with Crippen LogP contribution in [0.1, 0.15) is 0 Å². The van der Waals surface area contributed by atoms with Gasteiger partial charge < -0.3 is 5.73 Å². The van der Waals surface area contributed by atoms with Crippen LogP contribution in [0, 0.1) is 0 Å². The van der Waals surface area contributed by atoms with Gasteiger partial charge in [-0.1, -0.05) is 48.5 Å². The summed E-state index contributed by atoms with van der Waals surface area (Å²) in [5, 5.41) is 5.58. The van der Waals surface area contributed by atoms with Crippen molar-refractivity contribution in [3.8, 4) is 21.8 Å². The van der Waals surface area contributed by atoms with E-state index in [0.29, 0.717) is 0 Å². The Hall–Kier alpha value is -2.65. The van der Waals surface area contributed by atoms with Gasteiger partial charge in [-0.25, -0.2) is 4.98 Å². The molecule has 2 nitrogen and oxygen atoms in total. The first kappa shape index (κ1) is 13.0. The van der Waals surface area contributed by atoms with E-state index >= 15 is 0 Å². The molecule has 106 valence electrons. The molecule has 0 saturated heterocycles. The van der Waals surface area contributed by atoms with Crippen molar-refractivity contribution >= 4 is 27.8 Å². The first-order chi connectivity index (χ1) is 10.8. The lowest BCUT2D eigenvalue weighted by atomic mass is 10.1. The second-order valence-electron chi connectivity index (χ2n) is 5.23. The molecule has 0 atom stereocenters. The molecule has 0 aliphatic rings. The zero-order valence-corrected chi connectivity index (χ0v) is 12.7. The van der Waals surface area contributed by atoms with E-state index in [4.69, 9.17) is 10.7 Å². The molecule has 0 aliphatic heterocycles.